The van der Waals surface area contributed by atoms with Crippen LogP contribution in [0.3, 0.4) is 0 Å². The summed E-state index contributed by atoms with van der Waals surface area (Å²) in [6.07, 6.45) is 0. The fraction of sp³-hybridized carbons (Fsp3) is 0.143. The molecule has 0 bridgehead atoms. The van der Waals surface area contributed by atoms with Gasteiger partial charge in [-0.05, 0) is 24.3 Å². The highest BCUT2D eigenvalue weighted by Crippen LogP contribution is 2.25. The molecule has 112 valence electrons. The van der Waals surface area contributed by atoms with Crippen LogP contribution in [0.25, 0.3) is 0 Å². The molecule has 0 unspecified atom stereocenters. The average Bonchev–Trinajstić information content (AvgIpc) is 2.46. The number of halogens is 1. The van der Waals surface area contributed by atoms with E-state index in [1.54, 1.807) is 6.07 Å². The minimum Gasteiger partial charge on any atom is -0.495 e. The Morgan fingerprint density at radius 3 is 2.62 bits per heavy atom. The van der Waals surface area contributed by atoms with Crippen LogP contribution in [0, 0.1) is 5.82 Å². The van der Waals surface area contributed by atoms with E-state index in [9.17, 15) is 12.8 Å². The first-order valence-corrected chi connectivity index (χ1v) is 7.59. The van der Waals surface area contributed by atoms with E-state index in [0.29, 0.717) is 5.69 Å². The van der Waals surface area contributed by atoms with Gasteiger partial charge in [0.15, 0.2) is 0 Å². The van der Waals surface area contributed by atoms with Gasteiger partial charge in [-0.2, -0.15) is 0 Å². The number of nitrogens with two attached hydrogens (primary N) is 1. The van der Waals surface area contributed by atoms with Crippen molar-refractivity contribution in [3.63, 3.8) is 0 Å². The van der Waals surface area contributed by atoms with Gasteiger partial charge in [0.1, 0.15) is 16.5 Å². The minimum absolute atomic E-state index is 0.0821. The minimum atomic E-state index is -3.86. The lowest BCUT2D eigenvalue weighted by Gasteiger charge is -2.11. The predicted octanol–water partition coefficient (Wildman–Crippen LogP) is 1.89. The molecule has 2 aromatic carbocycles. The number of nitrogens with one attached hydrogen (secondary N) is 1. The Bertz CT molecular complexity index is 748. The Labute approximate surface area is 122 Å². The lowest BCUT2D eigenvalue weighted by Crippen LogP contribution is -2.24. The Hall–Kier alpha value is -2.12. The Balaban J connectivity index is 2.27. The third-order valence-electron chi connectivity index (χ3n) is 2.89. The first kappa shape index (κ1) is 15.3. The van der Waals surface area contributed by atoms with Crippen LogP contribution in [0.4, 0.5) is 10.1 Å². The van der Waals surface area contributed by atoms with E-state index in [2.05, 4.69) is 4.72 Å². The molecule has 2 aromatic rings. The summed E-state index contributed by atoms with van der Waals surface area (Å²) in [5, 5.41) is 0. The number of rotatable bonds is 5. The van der Waals surface area contributed by atoms with Gasteiger partial charge in [-0.15, -0.1) is 0 Å². The van der Waals surface area contributed by atoms with Gasteiger partial charge in [-0.3, -0.25) is 0 Å². The molecule has 0 amide bonds. The molecule has 0 atom stereocenters. The maximum Gasteiger partial charge on any atom is 0.244 e. The Kier molecular flexibility index (Phi) is 4.44. The van der Waals surface area contributed by atoms with Crippen molar-refractivity contribution in [2.75, 3.05) is 12.8 Å². The fourth-order valence-electron chi connectivity index (χ4n) is 1.80. The van der Waals surface area contributed by atoms with E-state index < -0.39 is 15.8 Å². The number of hydrogen-bond donors (Lipinski definition) is 2. The topological polar surface area (TPSA) is 81.4 Å². The number of ether oxygens (including phenoxy) is 1. The van der Waals surface area contributed by atoms with Crippen molar-refractivity contribution in [1.82, 2.24) is 4.72 Å². The number of nitrogen functional groups attached to an aromatic ring is 1. The number of sulfonamides is 1. The van der Waals surface area contributed by atoms with Crippen molar-refractivity contribution in [2.45, 2.75) is 11.4 Å². The highest BCUT2D eigenvalue weighted by molar-refractivity contribution is 7.89. The van der Waals surface area contributed by atoms with Gasteiger partial charge < -0.3 is 10.5 Å². The zero-order valence-electron chi connectivity index (χ0n) is 11.3. The van der Waals surface area contributed by atoms with Gasteiger partial charge in [-0.1, -0.05) is 18.2 Å². The molecule has 0 heterocycles. The van der Waals surface area contributed by atoms with Crippen molar-refractivity contribution in [2.24, 2.45) is 0 Å². The van der Waals surface area contributed by atoms with Crippen LogP contribution in [0.15, 0.2) is 47.4 Å². The summed E-state index contributed by atoms with van der Waals surface area (Å²) in [7, 11) is -2.50. The third kappa shape index (κ3) is 3.50. The first-order chi connectivity index (χ1) is 9.94. The molecule has 7 heteroatoms. The summed E-state index contributed by atoms with van der Waals surface area (Å²) < 4.78 is 45.4. The highest BCUT2D eigenvalue weighted by atomic mass is 32.2. The van der Waals surface area contributed by atoms with E-state index in [1.165, 1.54) is 43.5 Å². The molecule has 0 aromatic heterocycles. The molecule has 3 N–H and O–H groups in total. The summed E-state index contributed by atoms with van der Waals surface area (Å²) in [5.74, 6) is -0.301. The molecule has 0 radical (unpaired) electrons. The molecular formula is C14H15FN2O3S. The Morgan fingerprint density at radius 1 is 1.24 bits per heavy atom. The summed E-state index contributed by atoms with van der Waals surface area (Å²) in [4.78, 5) is -0.0821. The standard InChI is InChI=1S/C14H15FN2O3S/c1-20-13-7-6-11(16)8-14(13)21(18,19)17-9-10-4-2-3-5-12(10)15/h2-8,17H,9,16H2,1H3. The number of methoxy groups -OCH3 is 1. The van der Waals surface area contributed by atoms with Crippen molar-refractivity contribution in [3.8, 4) is 5.75 Å². The monoisotopic (exact) mass is 310 g/mol. The van der Waals surface area contributed by atoms with Crippen molar-refractivity contribution in [3.05, 3.63) is 53.8 Å². The summed E-state index contributed by atoms with van der Waals surface area (Å²) in [6, 6.07) is 10.2. The normalized spacial score (nSPS) is 11.3. The molecule has 0 aliphatic heterocycles. The molecule has 2 rings (SSSR count). The van der Waals surface area contributed by atoms with Crippen LogP contribution in [-0.4, -0.2) is 15.5 Å². The molecule has 0 fully saturated rings. The van der Waals surface area contributed by atoms with Gasteiger partial charge >= 0.3 is 0 Å². The van der Waals surface area contributed by atoms with E-state index in [1.807, 2.05) is 0 Å². The largest absolute Gasteiger partial charge is 0.495 e. The van der Waals surface area contributed by atoms with Gasteiger partial charge in [0.2, 0.25) is 10.0 Å². The highest BCUT2D eigenvalue weighted by Gasteiger charge is 2.20. The van der Waals surface area contributed by atoms with Crippen molar-refractivity contribution in [1.29, 1.82) is 0 Å². The quantitative estimate of drug-likeness (QED) is 0.826. The second-order valence-electron chi connectivity index (χ2n) is 4.33. The number of benzene rings is 2. The lowest BCUT2D eigenvalue weighted by atomic mass is 10.2. The Morgan fingerprint density at radius 2 is 1.95 bits per heavy atom. The smallest absolute Gasteiger partial charge is 0.244 e. The third-order valence-corrected chi connectivity index (χ3v) is 4.31. The van der Waals surface area contributed by atoms with Gasteiger partial charge in [0.25, 0.3) is 0 Å². The van der Waals surface area contributed by atoms with Crippen LogP contribution >= 0.6 is 0 Å². The molecule has 5 nitrogen and oxygen atoms in total. The molecule has 21 heavy (non-hydrogen) atoms. The van der Waals surface area contributed by atoms with Crippen LogP contribution < -0.4 is 15.2 Å². The molecule has 0 aliphatic rings. The molecular weight excluding hydrogens is 295 g/mol. The van der Waals surface area contributed by atoms with Gasteiger partial charge in [0, 0.05) is 17.8 Å². The van der Waals surface area contributed by atoms with Gasteiger partial charge in [0.05, 0.1) is 7.11 Å². The van der Waals surface area contributed by atoms with E-state index in [0.717, 1.165) is 0 Å². The molecule has 0 spiro atoms. The predicted molar refractivity (Wildman–Crippen MR) is 77.8 cm³/mol. The summed E-state index contributed by atoms with van der Waals surface area (Å²) in [5.41, 5.74) is 6.15. The van der Waals surface area contributed by atoms with Crippen LogP contribution in [0.2, 0.25) is 0 Å². The first-order valence-electron chi connectivity index (χ1n) is 6.10. The van der Waals surface area contributed by atoms with Crippen molar-refractivity contribution < 1.29 is 17.5 Å². The van der Waals surface area contributed by atoms with E-state index in [4.69, 9.17) is 10.5 Å². The molecule has 0 aliphatic carbocycles. The van der Waals surface area contributed by atoms with E-state index in [-0.39, 0.29) is 22.8 Å². The number of anilines is 1. The summed E-state index contributed by atoms with van der Waals surface area (Å²) >= 11 is 0. The SMILES string of the molecule is COc1ccc(N)cc1S(=O)(=O)NCc1ccccc1F. The summed E-state index contributed by atoms with van der Waals surface area (Å²) in [6.45, 7) is -0.160. The maximum absolute atomic E-state index is 13.5. The molecule has 0 saturated carbocycles. The lowest BCUT2D eigenvalue weighted by molar-refractivity contribution is 0.402. The average molecular weight is 310 g/mol. The van der Waals surface area contributed by atoms with Crippen LogP contribution in [0.1, 0.15) is 5.56 Å². The second-order valence-corrected chi connectivity index (χ2v) is 6.06. The van der Waals surface area contributed by atoms with Crippen LogP contribution in [-0.2, 0) is 16.6 Å². The van der Waals surface area contributed by atoms with E-state index >= 15 is 0 Å². The number of hydrogen-bond acceptors (Lipinski definition) is 4. The maximum atomic E-state index is 13.5. The fourth-order valence-corrected chi connectivity index (χ4v) is 3.00. The zero-order valence-corrected chi connectivity index (χ0v) is 12.2. The van der Waals surface area contributed by atoms with Gasteiger partial charge in [-0.25, -0.2) is 17.5 Å². The van der Waals surface area contributed by atoms with Crippen LogP contribution in [0.5, 0.6) is 5.75 Å². The zero-order chi connectivity index (χ0) is 15.5. The molecule has 0 saturated heterocycles. The second kappa shape index (κ2) is 6.11. The van der Waals surface area contributed by atoms with Crippen molar-refractivity contribution >= 4 is 15.7 Å².